The van der Waals surface area contributed by atoms with Crippen LogP contribution in [-0.4, -0.2) is 70.0 Å². The van der Waals surface area contributed by atoms with Crippen molar-refractivity contribution < 1.29 is 8.42 Å². The van der Waals surface area contributed by atoms with Crippen LogP contribution in [0.15, 0.2) is 0 Å². The van der Waals surface area contributed by atoms with E-state index in [4.69, 9.17) is 0 Å². The van der Waals surface area contributed by atoms with Gasteiger partial charge in [0.1, 0.15) is 0 Å². The lowest BCUT2D eigenvalue weighted by atomic mass is 10.1. The third-order valence-corrected chi connectivity index (χ3v) is 5.57. The number of nitrogens with one attached hydrogen (secondary N) is 2. The van der Waals surface area contributed by atoms with Crippen LogP contribution < -0.4 is 10.0 Å². The Morgan fingerprint density at radius 1 is 1.29 bits per heavy atom. The second kappa shape index (κ2) is 9.74. The van der Waals surface area contributed by atoms with Crippen LogP contribution in [-0.2, 0) is 10.2 Å². The quantitative estimate of drug-likeness (QED) is 0.580. The Kier molecular flexibility index (Phi) is 8.73. The standard InChI is InChI=1S/C14H32N4O2S/c1-4-9-15-10-7-11-17(3)21(19,20)16-14-8-6-12-18(5-2)13-14/h14-16H,4-13H2,1-3H3. The molecule has 0 aromatic heterocycles. The van der Waals surface area contributed by atoms with Crippen molar-refractivity contribution in [1.29, 1.82) is 0 Å². The van der Waals surface area contributed by atoms with Gasteiger partial charge in [0.2, 0.25) is 0 Å². The Morgan fingerprint density at radius 2 is 2.05 bits per heavy atom. The monoisotopic (exact) mass is 320 g/mol. The minimum Gasteiger partial charge on any atom is -0.317 e. The zero-order chi connectivity index (χ0) is 15.7. The SMILES string of the molecule is CCCNCCCN(C)S(=O)(=O)NC1CCCN(CC)C1. The van der Waals surface area contributed by atoms with E-state index in [0.717, 1.165) is 58.4 Å². The molecule has 1 saturated heterocycles. The highest BCUT2D eigenvalue weighted by Gasteiger charge is 2.25. The third kappa shape index (κ3) is 7.06. The molecule has 1 aliphatic rings. The van der Waals surface area contributed by atoms with Crippen molar-refractivity contribution in [2.75, 3.05) is 46.3 Å². The van der Waals surface area contributed by atoms with Gasteiger partial charge in [-0.05, 0) is 51.9 Å². The average molecular weight is 321 g/mol. The molecular formula is C14H32N4O2S. The van der Waals surface area contributed by atoms with E-state index in [1.54, 1.807) is 7.05 Å². The number of likely N-dealkylation sites (N-methyl/N-ethyl adjacent to an activating group) is 1. The van der Waals surface area contributed by atoms with E-state index in [1.165, 1.54) is 4.31 Å². The maximum absolute atomic E-state index is 12.3. The largest absolute Gasteiger partial charge is 0.317 e. The van der Waals surface area contributed by atoms with Gasteiger partial charge < -0.3 is 10.2 Å². The maximum Gasteiger partial charge on any atom is 0.279 e. The molecule has 0 radical (unpaired) electrons. The molecule has 126 valence electrons. The zero-order valence-electron chi connectivity index (χ0n) is 13.8. The number of nitrogens with zero attached hydrogens (tertiary/aromatic N) is 2. The number of likely N-dealkylation sites (tertiary alicyclic amines) is 1. The van der Waals surface area contributed by atoms with Crippen LogP contribution in [0.1, 0.15) is 39.5 Å². The van der Waals surface area contributed by atoms with E-state index in [0.29, 0.717) is 6.54 Å². The van der Waals surface area contributed by atoms with Gasteiger partial charge in [-0.2, -0.15) is 17.4 Å². The molecule has 1 heterocycles. The summed E-state index contributed by atoms with van der Waals surface area (Å²) < 4.78 is 28.9. The van der Waals surface area contributed by atoms with E-state index < -0.39 is 10.2 Å². The van der Waals surface area contributed by atoms with Crippen molar-refractivity contribution in [3.63, 3.8) is 0 Å². The number of piperidine rings is 1. The molecule has 1 fully saturated rings. The summed E-state index contributed by atoms with van der Waals surface area (Å²) in [5.41, 5.74) is 0. The fourth-order valence-corrected chi connectivity index (χ4v) is 3.75. The minimum absolute atomic E-state index is 0.0457. The van der Waals surface area contributed by atoms with Crippen LogP contribution >= 0.6 is 0 Å². The smallest absolute Gasteiger partial charge is 0.279 e. The second-order valence-electron chi connectivity index (χ2n) is 5.78. The normalized spacial score (nSPS) is 21.0. The van der Waals surface area contributed by atoms with Crippen LogP contribution in [0.3, 0.4) is 0 Å². The van der Waals surface area contributed by atoms with Crippen molar-refractivity contribution in [3.05, 3.63) is 0 Å². The molecule has 2 N–H and O–H groups in total. The highest BCUT2D eigenvalue weighted by atomic mass is 32.2. The summed E-state index contributed by atoms with van der Waals surface area (Å²) in [6.07, 6.45) is 3.93. The highest BCUT2D eigenvalue weighted by Crippen LogP contribution is 2.11. The molecule has 0 bridgehead atoms. The van der Waals surface area contributed by atoms with Gasteiger partial charge in [0.05, 0.1) is 0 Å². The molecule has 0 aromatic carbocycles. The first-order valence-electron chi connectivity index (χ1n) is 8.16. The van der Waals surface area contributed by atoms with Crippen molar-refractivity contribution in [3.8, 4) is 0 Å². The molecule has 0 aromatic rings. The maximum atomic E-state index is 12.3. The molecule has 1 atom stereocenters. The molecule has 6 nitrogen and oxygen atoms in total. The van der Waals surface area contributed by atoms with Gasteiger partial charge in [-0.25, -0.2) is 0 Å². The number of hydrogen-bond donors (Lipinski definition) is 2. The van der Waals surface area contributed by atoms with Crippen LogP contribution in [0.5, 0.6) is 0 Å². The Labute approximate surface area is 130 Å². The van der Waals surface area contributed by atoms with Crippen molar-refractivity contribution in [1.82, 2.24) is 19.2 Å². The Hall–Kier alpha value is -0.210. The van der Waals surface area contributed by atoms with E-state index in [-0.39, 0.29) is 6.04 Å². The van der Waals surface area contributed by atoms with E-state index in [9.17, 15) is 8.42 Å². The van der Waals surface area contributed by atoms with Crippen LogP contribution in [0.25, 0.3) is 0 Å². The third-order valence-electron chi connectivity index (χ3n) is 3.93. The van der Waals surface area contributed by atoms with Crippen molar-refractivity contribution in [2.24, 2.45) is 0 Å². The summed E-state index contributed by atoms with van der Waals surface area (Å²) in [4.78, 5) is 2.30. The lowest BCUT2D eigenvalue weighted by Crippen LogP contribution is -2.51. The first-order valence-corrected chi connectivity index (χ1v) is 9.60. The summed E-state index contributed by atoms with van der Waals surface area (Å²) in [5, 5.41) is 3.29. The summed E-state index contributed by atoms with van der Waals surface area (Å²) in [5.74, 6) is 0. The summed E-state index contributed by atoms with van der Waals surface area (Å²) in [6.45, 7) is 9.52. The fourth-order valence-electron chi connectivity index (χ4n) is 2.59. The van der Waals surface area contributed by atoms with E-state index >= 15 is 0 Å². The van der Waals surface area contributed by atoms with E-state index in [1.807, 2.05) is 0 Å². The molecule has 0 amide bonds. The van der Waals surface area contributed by atoms with Gasteiger partial charge in [-0.15, -0.1) is 0 Å². The molecule has 0 aliphatic carbocycles. The van der Waals surface area contributed by atoms with Gasteiger partial charge in [-0.3, -0.25) is 0 Å². The molecule has 1 rings (SSSR count). The topological polar surface area (TPSA) is 64.7 Å². The van der Waals surface area contributed by atoms with Crippen molar-refractivity contribution >= 4 is 10.2 Å². The summed E-state index contributed by atoms with van der Waals surface area (Å²) in [7, 11) is -1.70. The number of rotatable bonds is 10. The Bertz CT molecular complexity index is 375. The molecular weight excluding hydrogens is 288 g/mol. The van der Waals surface area contributed by atoms with Gasteiger partial charge in [0.25, 0.3) is 10.2 Å². The van der Waals surface area contributed by atoms with Crippen molar-refractivity contribution in [2.45, 2.75) is 45.6 Å². The summed E-state index contributed by atoms with van der Waals surface area (Å²) in [6, 6.07) is 0.0457. The highest BCUT2D eigenvalue weighted by molar-refractivity contribution is 7.87. The average Bonchev–Trinajstić information content (AvgIpc) is 2.46. The molecule has 21 heavy (non-hydrogen) atoms. The zero-order valence-corrected chi connectivity index (χ0v) is 14.6. The molecule has 1 aliphatic heterocycles. The fraction of sp³-hybridized carbons (Fsp3) is 1.00. The van der Waals surface area contributed by atoms with E-state index in [2.05, 4.69) is 28.8 Å². The van der Waals surface area contributed by atoms with Crippen LogP contribution in [0, 0.1) is 0 Å². The summed E-state index contributed by atoms with van der Waals surface area (Å²) >= 11 is 0. The minimum atomic E-state index is -3.36. The van der Waals surface area contributed by atoms with Crippen LogP contribution in [0.4, 0.5) is 0 Å². The predicted molar refractivity (Wildman–Crippen MR) is 87.6 cm³/mol. The van der Waals surface area contributed by atoms with Gasteiger partial charge in [-0.1, -0.05) is 13.8 Å². The second-order valence-corrected chi connectivity index (χ2v) is 7.59. The molecule has 0 saturated carbocycles. The van der Waals surface area contributed by atoms with Gasteiger partial charge in [0.15, 0.2) is 0 Å². The molecule has 7 heteroatoms. The number of hydrogen-bond acceptors (Lipinski definition) is 4. The first-order chi connectivity index (χ1) is 9.99. The Morgan fingerprint density at radius 3 is 2.71 bits per heavy atom. The first kappa shape index (κ1) is 18.8. The lowest BCUT2D eigenvalue weighted by Gasteiger charge is -2.33. The molecule has 0 spiro atoms. The van der Waals surface area contributed by atoms with Gasteiger partial charge in [0, 0.05) is 26.2 Å². The predicted octanol–water partition coefficient (Wildman–Crippen LogP) is 0.627. The Balaban J connectivity index is 2.34. The van der Waals surface area contributed by atoms with Crippen LogP contribution in [0.2, 0.25) is 0 Å². The molecule has 1 unspecified atom stereocenters. The lowest BCUT2D eigenvalue weighted by molar-refractivity contribution is 0.210. The van der Waals surface area contributed by atoms with Gasteiger partial charge >= 0.3 is 0 Å².